The number of aliphatic imine (C=N–C) groups is 1. The second-order valence-electron chi connectivity index (χ2n) is 6.02. The van der Waals surface area contributed by atoms with E-state index in [9.17, 15) is 18.4 Å². The summed E-state index contributed by atoms with van der Waals surface area (Å²) in [5, 5.41) is 9.07. The van der Waals surface area contributed by atoms with Crippen LogP contribution in [0.3, 0.4) is 0 Å². The molecule has 1 aromatic heterocycles. The van der Waals surface area contributed by atoms with E-state index in [2.05, 4.69) is 9.98 Å². The van der Waals surface area contributed by atoms with Crippen LogP contribution in [0, 0.1) is 25.2 Å². The molecule has 28 heavy (non-hydrogen) atoms. The van der Waals surface area contributed by atoms with Gasteiger partial charge in [-0.2, -0.15) is 18.4 Å². The van der Waals surface area contributed by atoms with Crippen molar-refractivity contribution in [2.24, 2.45) is 4.99 Å². The van der Waals surface area contributed by atoms with Crippen LogP contribution < -0.4 is 4.74 Å². The fourth-order valence-electron chi connectivity index (χ4n) is 2.34. The van der Waals surface area contributed by atoms with Gasteiger partial charge in [0.05, 0.1) is 28.3 Å². The number of benzene rings is 1. The predicted molar refractivity (Wildman–Crippen MR) is 101 cm³/mol. The van der Waals surface area contributed by atoms with E-state index >= 15 is 0 Å². The number of aryl methyl sites for hydroxylation is 1. The van der Waals surface area contributed by atoms with Crippen LogP contribution in [0.25, 0.3) is 0 Å². The fourth-order valence-corrected chi connectivity index (χ4v) is 2.57. The van der Waals surface area contributed by atoms with Crippen molar-refractivity contribution in [2.75, 3.05) is 13.6 Å². The van der Waals surface area contributed by atoms with Gasteiger partial charge in [-0.1, -0.05) is 11.6 Å². The van der Waals surface area contributed by atoms with Crippen LogP contribution in [0.1, 0.15) is 29.3 Å². The Balaban J connectivity index is 2.48. The summed E-state index contributed by atoms with van der Waals surface area (Å²) >= 11 is 5.62. The molecule has 2 rings (SSSR count). The highest BCUT2D eigenvalue weighted by molar-refractivity contribution is 6.31. The van der Waals surface area contributed by atoms with Gasteiger partial charge in [-0.05, 0) is 44.5 Å². The summed E-state index contributed by atoms with van der Waals surface area (Å²) in [5.41, 5.74) is 0.590. The number of hydrogen-bond acceptors (Lipinski definition) is 4. The smallest absolute Gasteiger partial charge is 0.417 e. The summed E-state index contributed by atoms with van der Waals surface area (Å²) in [6.07, 6.45) is -3.01. The van der Waals surface area contributed by atoms with E-state index in [-0.39, 0.29) is 17.2 Å². The molecule has 0 aliphatic rings. The lowest BCUT2D eigenvalue weighted by atomic mass is 10.1. The topological polar surface area (TPSA) is 61.5 Å². The lowest BCUT2D eigenvalue weighted by Gasteiger charge is -2.15. The van der Waals surface area contributed by atoms with Crippen molar-refractivity contribution >= 4 is 23.6 Å². The van der Waals surface area contributed by atoms with Gasteiger partial charge in [0.2, 0.25) is 5.88 Å². The lowest BCUT2D eigenvalue weighted by Crippen LogP contribution is -2.14. The molecule has 148 valence electrons. The number of rotatable bonds is 5. The monoisotopic (exact) mass is 410 g/mol. The first-order valence-electron chi connectivity index (χ1n) is 8.28. The molecule has 1 aromatic carbocycles. The van der Waals surface area contributed by atoms with Gasteiger partial charge in [-0.15, -0.1) is 0 Å². The molecule has 0 saturated carbocycles. The highest BCUT2D eigenvalue weighted by Crippen LogP contribution is 2.39. The van der Waals surface area contributed by atoms with Gasteiger partial charge < -0.3 is 9.64 Å². The summed E-state index contributed by atoms with van der Waals surface area (Å²) in [6, 6.07) is 5.14. The molecule has 0 atom stereocenters. The second kappa shape index (κ2) is 8.48. The van der Waals surface area contributed by atoms with Crippen LogP contribution in [0.5, 0.6) is 11.6 Å². The van der Waals surface area contributed by atoms with Crippen molar-refractivity contribution in [3.63, 3.8) is 0 Å². The van der Waals surface area contributed by atoms with Crippen LogP contribution >= 0.6 is 11.6 Å². The van der Waals surface area contributed by atoms with Gasteiger partial charge in [-0.25, -0.2) is 9.98 Å². The maximum absolute atomic E-state index is 13.0. The van der Waals surface area contributed by atoms with Gasteiger partial charge in [0, 0.05) is 13.6 Å². The minimum absolute atomic E-state index is 0.0873. The number of hydrogen-bond donors (Lipinski definition) is 0. The Bertz CT molecular complexity index is 952. The number of nitriles is 1. The third-order valence-corrected chi connectivity index (χ3v) is 4.34. The molecule has 5 nitrogen and oxygen atoms in total. The molecular formula is C19H18ClF3N4O. The molecule has 2 aromatic rings. The molecule has 0 spiro atoms. The number of nitrogens with zero attached hydrogens (tertiary/aromatic N) is 4. The second-order valence-corrected chi connectivity index (χ2v) is 6.43. The Hall–Kier alpha value is -2.79. The molecule has 0 radical (unpaired) electrons. The van der Waals surface area contributed by atoms with Gasteiger partial charge in [0.1, 0.15) is 17.4 Å². The summed E-state index contributed by atoms with van der Waals surface area (Å²) in [5.74, 6) is -0.211. The average Bonchev–Trinajstić information content (AvgIpc) is 2.62. The van der Waals surface area contributed by atoms with Crippen molar-refractivity contribution in [1.29, 1.82) is 5.26 Å². The zero-order valence-electron chi connectivity index (χ0n) is 15.7. The van der Waals surface area contributed by atoms with Crippen LogP contribution in [-0.4, -0.2) is 29.8 Å². The number of aromatic nitrogens is 1. The zero-order valence-corrected chi connectivity index (χ0v) is 16.5. The standard InChI is InChI=1S/C19H18ClF3N4O/c1-5-27(4)10-25-17-11(2)14(9-24)18(26-12(17)3)28-13-6-7-16(20)15(8-13)19(21,22)23/h6-8,10H,5H2,1-4H3/b25-10+. The molecule has 0 fully saturated rings. The van der Waals surface area contributed by atoms with Crippen molar-refractivity contribution in [2.45, 2.75) is 26.9 Å². The minimum Gasteiger partial charge on any atom is -0.438 e. The SMILES string of the molecule is CCN(C)/C=N/c1c(C)nc(Oc2ccc(Cl)c(C(F)(F)F)c2)c(C#N)c1C. The predicted octanol–water partition coefficient (Wildman–Crippen LogP) is 5.65. The van der Waals surface area contributed by atoms with Crippen LogP contribution in [0.4, 0.5) is 18.9 Å². The number of ether oxygens (including phenoxy) is 1. The Morgan fingerprint density at radius 1 is 1.36 bits per heavy atom. The Morgan fingerprint density at radius 3 is 2.61 bits per heavy atom. The number of pyridine rings is 1. The average molecular weight is 411 g/mol. The van der Waals surface area contributed by atoms with Crippen LogP contribution in [0.15, 0.2) is 23.2 Å². The molecule has 0 unspecified atom stereocenters. The maximum atomic E-state index is 13.0. The van der Waals surface area contributed by atoms with Crippen molar-refractivity contribution in [3.8, 4) is 17.7 Å². The van der Waals surface area contributed by atoms with Gasteiger partial charge in [0.25, 0.3) is 0 Å². The van der Waals surface area contributed by atoms with E-state index in [1.807, 2.05) is 24.9 Å². The van der Waals surface area contributed by atoms with E-state index in [4.69, 9.17) is 16.3 Å². The van der Waals surface area contributed by atoms with E-state index in [0.29, 0.717) is 16.9 Å². The van der Waals surface area contributed by atoms with E-state index in [0.717, 1.165) is 18.7 Å². The summed E-state index contributed by atoms with van der Waals surface area (Å²) in [6.45, 7) is 6.08. The normalized spacial score (nSPS) is 11.5. The molecule has 9 heteroatoms. The van der Waals surface area contributed by atoms with E-state index in [1.165, 1.54) is 6.07 Å². The molecule has 0 aliphatic carbocycles. The number of halogens is 4. The van der Waals surface area contributed by atoms with Crippen LogP contribution in [-0.2, 0) is 6.18 Å². The Morgan fingerprint density at radius 2 is 2.04 bits per heavy atom. The third kappa shape index (κ3) is 4.73. The summed E-state index contributed by atoms with van der Waals surface area (Å²) in [7, 11) is 1.85. The van der Waals surface area contributed by atoms with Gasteiger partial charge >= 0.3 is 6.18 Å². The quantitative estimate of drug-likeness (QED) is 0.472. The van der Waals surface area contributed by atoms with Crippen molar-refractivity contribution in [3.05, 3.63) is 45.6 Å². The highest BCUT2D eigenvalue weighted by Gasteiger charge is 2.33. The first kappa shape index (κ1) is 21.5. The van der Waals surface area contributed by atoms with Crippen LogP contribution in [0.2, 0.25) is 5.02 Å². The molecule has 0 N–H and O–H groups in total. The molecule has 0 aliphatic heterocycles. The Kier molecular flexibility index (Phi) is 6.52. The largest absolute Gasteiger partial charge is 0.438 e. The molecule has 0 amide bonds. The first-order valence-corrected chi connectivity index (χ1v) is 8.66. The summed E-state index contributed by atoms with van der Waals surface area (Å²) < 4.78 is 44.6. The lowest BCUT2D eigenvalue weighted by molar-refractivity contribution is -0.137. The molecule has 1 heterocycles. The molecule has 0 bridgehead atoms. The zero-order chi connectivity index (χ0) is 21.1. The summed E-state index contributed by atoms with van der Waals surface area (Å²) in [4.78, 5) is 10.4. The van der Waals surface area contributed by atoms with E-state index < -0.39 is 16.8 Å². The molecular weight excluding hydrogens is 393 g/mol. The van der Waals surface area contributed by atoms with Crippen molar-refractivity contribution < 1.29 is 17.9 Å². The number of alkyl halides is 3. The van der Waals surface area contributed by atoms with Gasteiger partial charge in [0.15, 0.2) is 0 Å². The molecule has 0 saturated heterocycles. The Labute approximate surface area is 166 Å². The third-order valence-electron chi connectivity index (χ3n) is 4.01. The van der Waals surface area contributed by atoms with E-state index in [1.54, 1.807) is 20.2 Å². The van der Waals surface area contributed by atoms with Crippen molar-refractivity contribution in [1.82, 2.24) is 9.88 Å². The van der Waals surface area contributed by atoms with Gasteiger partial charge in [-0.3, -0.25) is 0 Å². The highest BCUT2D eigenvalue weighted by atomic mass is 35.5. The minimum atomic E-state index is -4.63. The fraction of sp³-hybridized carbons (Fsp3) is 0.316. The maximum Gasteiger partial charge on any atom is 0.417 e. The first-order chi connectivity index (χ1) is 13.1.